The molecule has 0 aliphatic heterocycles. The van der Waals surface area contributed by atoms with Gasteiger partial charge in [0.2, 0.25) is 11.6 Å². The van der Waals surface area contributed by atoms with Crippen molar-refractivity contribution in [3.63, 3.8) is 0 Å². The molecule has 0 aliphatic rings. The molecule has 0 aliphatic carbocycles. The summed E-state index contributed by atoms with van der Waals surface area (Å²) in [5.74, 6) is 0.317. The largest absolute Gasteiger partial charge is 0.395 e. The van der Waals surface area contributed by atoms with E-state index < -0.39 is 4.92 Å². The Morgan fingerprint density at radius 2 is 2.16 bits per heavy atom. The molecule has 1 heterocycles. The Morgan fingerprint density at radius 1 is 1.47 bits per heavy atom. The Hall–Kier alpha value is -2.00. The number of hydrogen-bond donors (Lipinski definition) is 2. The molecular weight excluding hydrogens is 252 g/mol. The number of rotatable bonds is 7. The van der Waals surface area contributed by atoms with Crippen molar-refractivity contribution in [2.75, 3.05) is 44.1 Å². The second-order valence-electron chi connectivity index (χ2n) is 3.96. The van der Waals surface area contributed by atoms with Gasteiger partial charge < -0.3 is 10.0 Å². The highest BCUT2D eigenvalue weighted by molar-refractivity contribution is 5.69. The van der Waals surface area contributed by atoms with Gasteiger partial charge in [-0.2, -0.15) is 0 Å². The Bertz CT molecular complexity index is 439. The highest BCUT2D eigenvalue weighted by Gasteiger charge is 2.26. The maximum atomic E-state index is 11.2. The normalized spacial score (nSPS) is 10.6. The Kier molecular flexibility index (Phi) is 5.39. The summed E-state index contributed by atoms with van der Waals surface area (Å²) in [6.45, 7) is 2.50. The van der Waals surface area contributed by atoms with E-state index in [4.69, 9.17) is 5.11 Å². The highest BCUT2D eigenvalue weighted by atomic mass is 16.6. The van der Waals surface area contributed by atoms with Crippen LogP contribution in [0.3, 0.4) is 0 Å². The predicted molar refractivity (Wildman–Crippen MR) is 71.0 cm³/mol. The molecule has 0 atom stereocenters. The summed E-state index contributed by atoms with van der Waals surface area (Å²) in [4.78, 5) is 20.2. The first-order chi connectivity index (χ1) is 9.01. The molecule has 9 heteroatoms. The van der Waals surface area contributed by atoms with E-state index in [1.54, 1.807) is 24.0 Å². The molecule has 106 valence electrons. The number of nitrogens with zero attached hydrogens (tertiary/aromatic N) is 5. The van der Waals surface area contributed by atoms with E-state index >= 15 is 0 Å². The number of aliphatic hydroxyl groups excluding tert-OH is 1. The number of aromatic nitrogens is 2. The fraction of sp³-hybridized carbons (Fsp3) is 0.600. The Morgan fingerprint density at radius 3 is 2.63 bits per heavy atom. The van der Waals surface area contributed by atoms with Crippen LogP contribution in [0.15, 0.2) is 6.33 Å². The molecule has 1 rings (SSSR count). The van der Waals surface area contributed by atoms with Crippen molar-refractivity contribution >= 4 is 17.3 Å². The number of hydrazine groups is 1. The first kappa shape index (κ1) is 15.1. The van der Waals surface area contributed by atoms with Gasteiger partial charge in [0.15, 0.2) is 0 Å². The number of nitrogens with one attached hydrogen (secondary N) is 1. The molecule has 2 N–H and O–H groups in total. The molecule has 0 fully saturated rings. The van der Waals surface area contributed by atoms with Gasteiger partial charge in [0.1, 0.15) is 6.33 Å². The summed E-state index contributed by atoms with van der Waals surface area (Å²) in [7, 11) is 3.41. The maximum absolute atomic E-state index is 11.2. The minimum absolute atomic E-state index is 0.106. The Labute approximate surface area is 111 Å². The lowest BCUT2D eigenvalue weighted by molar-refractivity contribution is -0.383. The van der Waals surface area contributed by atoms with Crippen LogP contribution in [0, 0.1) is 10.1 Å². The molecule has 0 aromatic carbocycles. The molecule has 0 radical (unpaired) electrons. The number of nitro groups is 1. The van der Waals surface area contributed by atoms with Crippen molar-refractivity contribution < 1.29 is 10.0 Å². The second-order valence-corrected chi connectivity index (χ2v) is 3.96. The quantitative estimate of drug-likeness (QED) is 0.530. The van der Waals surface area contributed by atoms with E-state index in [1.807, 2.05) is 6.92 Å². The second kappa shape index (κ2) is 6.81. The van der Waals surface area contributed by atoms with Crippen LogP contribution in [0.5, 0.6) is 0 Å². The molecule has 0 spiro atoms. The third-order valence-electron chi connectivity index (χ3n) is 2.37. The van der Waals surface area contributed by atoms with Crippen molar-refractivity contribution in [3.8, 4) is 0 Å². The first-order valence-electron chi connectivity index (χ1n) is 5.80. The zero-order valence-corrected chi connectivity index (χ0v) is 11.2. The van der Waals surface area contributed by atoms with Crippen LogP contribution in [-0.4, -0.2) is 58.8 Å². The fourth-order valence-electron chi connectivity index (χ4n) is 1.60. The van der Waals surface area contributed by atoms with Gasteiger partial charge in [-0.15, -0.1) is 0 Å². The molecule has 1 aromatic heterocycles. The van der Waals surface area contributed by atoms with Gasteiger partial charge in [0.05, 0.1) is 11.5 Å². The third-order valence-corrected chi connectivity index (χ3v) is 2.37. The van der Waals surface area contributed by atoms with Crippen LogP contribution in [-0.2, 0) is 0 Å². The first-order valence-corrected chi connectivity index (χ1v) is 5.80. The summed E-state index contributed by atoms with van der Waals surface area (Å²) in [6.07, 6.45) is 1.26. The smallest absolute Gasteiger partial charge is 0.354 e. The van der Waals surface area contributed by atoms with Crippen molar-refractivity contribution in [3.05, 3.63) is 16.4 Å². The lowest BCUT2D eigenvalue weighted by Crippen LogP contribution is -2.29. The molecule has 9 nitrogen and oxygen atoms in total. The minimum Gasteiger partial charge on any atom is -0.395 e. The lowest BCUT2D eigenvalue weighted by atomic mass is 10.3. The van der Waals surface area contributed by atoms with E-state index in [9.17, 15) is 10.1 Å². The van der Waals surface area contributed by atoms with Gasteiger partial charge >= 0.3 is 5.69 Å². The molecule has 0 saturated heterocycles. The molecule has 0 saturated carbocycles. The summed E-state index contributed by atoms with van der Waals surface area (Å²) >= 11 is 0. The van der Waals surface area contributed by atoms with Crippen LogP contribution in [0.4, 0.5) is 17.3 Å². The van der Waals surface area contributed by atoms with Crippen molar-refractivity contribution in [2.24, 2.45) is 0 Å². The summed E-state index contributed by atoms with van der Waals surface area (Å²) in [5, 5.41) is 21.8. The van der Waals surface area contributed by atoms with E-state index in [0.717, 1.165) is 0 Å². The van der Waals surface area contributed by atoms with Crippen LogP contribution < -0.4 is 10.3 Å². The van der Waals surface area contributed by atoms with Gasteiger partial charge in [-0.1, -0.05) is 0 Å². The average molecular weight is 270 g/mol. The fourth-order valence-corrected chi connectivity index (χ4v) is 1.60. The van der Waals surface area contributed by atoms with E-state index in [-0.39, 0.29) is 30.5 Å². The van der Waals surface area contributed by atoms with E-state index in [1.165, 1.54) is 6.33 Å². The van der Waals surface area contributed by atoms with Gasteiger partial charge in [0.25, 0.3) is 0 Å². The van der Waals surface area contributed by atoms with Crippen LogP contribution in [0.2, 0.25) is 0 Å². The van der Waals surface area contributed by atoms with Crippen molar-refractivity contribution in [1.29, 1.82) is 0 Å². The molecule has 0 amide bonds. The summed E-state index contributed by atoms with van der Waals surface area (Å²) in [6, 6.07) is 0. The molecule has 19 heavy (non-hydrogen) atoms. The van der Waals surface area contributed by atoms with Gasteiger partial charge in [-0.3, -0.25) is 15.5 Å². The van der Waals surface area contributed by atoms with E-state index in [0.29, 0.717) is 6.54 Å². The van der Waals surface area contributed by atoms with Gasteiger partial charge in [-0.25, -0.2) is 15.0 Å². The minimum atomic E-state index is -0.527. The summed E-state index contributed by atoms with van der Waals surface area (Å²) < 4.78 is 0. The van der Waals surface area contributed by atoms with Crippen LogP contribution in [0.25, 0.3) is 0 Å². The van der Waals surface area contributed by atoms with Crippen LogP contribution in [0.1, 0.15) is 6.92 Å². The molecule has 0 unspecified atom stereocenters. The zero-order valence-electron chi connectivity index (χ0n) is 11.2. The predicted octanol–water partition coefficient (Wildman–Crippen LogP) is 0.0919. The molecule has 1 aromatic rings. The topological polar surface area (TPSA) is 108 Å². The molecular formula is C10H18N6O3. The SMILES string of the molecule is CCN(CCO)c1ncnc(NN(C)C)c1[N+](=O)[O-]. The number of anilines is 2. The van der Waals surface area contributed by atoms with E-state index in [2.05, 4.69) is 15.4 Å². The average Bonchev–Trinajstić information content (AvgIpc) is 2.34. The summed E-state index contributed by atoms with van der Waals surface area (Å²) in [5.41, 5.74) is 2.57. The zero-order chi connectivity index (χ0) is 14.4. The number of hydrogen-bond acceptors (Lipinski definition) is 8. The maximum Gasteiger partial charge on any atom is 0.354 e. The van der Waals surface area contributed by atoms with Crippen molar-refractivity contribution in [2.45, 2.75) is 6.92 Å². The Balaban J connectivity index is 3.26. The third kappa shape index (κ3) is 3.73. The lowest BCUT2D eigenvalue weighted by Gasteiger charge is -2.21. The van der Waals surface area contributed by atoms with Gasteiger partial charge in [-0.05, 0) is 6.92 Å². The number of likely N-dealkylation sites (N-methyl/N-ethyl adjacent to an activating group) is 1. The number of aliphatic hydroxyl groups is 1. The van der Waals surface area contributed by atoms with Crippen molar-refractivity contribution in [1.82, 2.24) is 15.0 Å². The molecule has 0 bridgehead atoms. The van der Waals surface area contributed by atoms with Crippen LogP contribution >= 0.6 is 0 Å². The highest BCUT2D eigenvalue weighted by Crippen LogP contribution is 2.31. The monoisotopic (exact) mass is 270 g/mol. The van der Waals surface area contributed by atoms with Gasteiger partial charge in [0, 0.05) is 27.2 Å². The standard InChI is InChI=1S/C10H18N6O3/c1-4-15(5-6-17)10-8(16(18)19)9(11-7-12-10)13-14(2)3/h7,17H,4-6H2,1-3H3,(H,11,12,13).